The van der Waals surface area contributed by atoms with Gasteiger partial charge in [0.1, 0.15) is 18.5 Å². The van der Waals surface area contributed by atoms with Crippen LogP contribution in [0.3, 0.4) is 0 Å². The van der Waals surface area contributed by atoms with E-state index in [1.165, 1.54) is 17.0 Å². The molecule has 0 unspecified atom stereocenters. The summed E-state index contributed by atoms with van der Waals surface area (Å²) in [5, 5.41) is 11.6. The lowest BCUT2D eigenvalue weighted by Crippen LogP contribution is -2.43. The molecule has 0 spiro atoms. The van der Waals surface area contributed by atoms with E-state index in [0.29, 0.717) is 29.6 Å². The van der Waals surface area contributed by atoms with Crippen molar-refractivity contribution in [1.82, 2.24) is 29.6 Å². The Kier molecular flexibility index (Phi) is 7.09. The molecule has 2 heterocycles. The number of nitrogens with one attached hydrogen (secondary N) is 1. The fraction of sp³-hybridized carbons (Fsp3) is 0.448. The average Bonchev–Trinajstić information content (AvgIpc) is 3.32. The van der Waals surface area contributed by atoms with E-state index in [9.17, 15) is 18.0 Å². The first-order chi connectivity index (χ1) is 18.5. The number of rotatable bonds is 8. The molecule has 1 aliphatic carbocycles. The van der Waals surface area contributed by atoms with Gasteiger partial charge in [-0.3, -0.25) is 9.36 Å². The fourth-order valence-corrected chi connectivity index (χ4v) is 5.75. The minimum atomic E-state index is -4.64. The van der Waals surface area contributed by atoms with Crippen LogP contribution in [-0.4, -0.2) is 30.9 Å². The van der Waals surface area contributed by atoms with Gasteiger partial charge >= 0.3 is 6.18 Å². The molecule has 39 heavy (non-hydrogen) atoms. The van der Waals surface area contributed by atoms with Crippen LogP contribution in [0.15, 0.2) is 53.8 Å². The summed E-state index contributed by atoms with van der Waals surface area (Å²) in [5.74, 6) is 1.75. The Labute approximate surface area is 225 Å². The number of halogens is 3. The van der Waals surface area contributed by atoms with Crippen LogP contribution in [0.25, 0.3) is 16.6 Å². The lowest BCUT2D eigenvalue weighted by molar-refractivity contribution is -0.136. The Morgan fingerprint density at radius 2 is 1.95 bits per heavy atom. The summed E-state index contributed by atoms with van der Waals surface area (Å²) >= 11 is 0. The van der Waals surface area contributed by atoms with Crippen LogP contribution >= 0.6 is 0 Å². The third-order valence-electron chi connectivity index (χ3n) is 7.96. The summed E-state index contributed by atoms with van der Waals surface area (Å²) in [5.41, 5.74) is -0.194. The highest BCUT2D eigenvalue weighted by molar-refractivity contribution is 5.82. The molecule has 2 aromatic carbocycles. The summed E-state index contributed by atoms with van der Waals surface area (Å²) in [6.07, 6.45) is 0.960. The molecular weight excluding hydrogens is 505 g/mol. The molecule has 1 aliphatic rings. The van der Waals surface area contributed by atoms with E-state index in [-0.39, 0.29) is 22.9 Å². The summed E-state index contributed by atoms with van der Waals surface area (Å²) < 4.78 is 45.3. The number of hydrogen-bond acceptors (Lipinski definition) is 5. The predicted molar refractivity (Wildman–Crippen MR) is 144 cm³/mol. The molecule has 0 saturated heterocycles. The quantitative estimate of drug-likeness (QED) is 0.326. The first-order valence-corrected chi connectivity index (χ1v) is 13.3. The van der Waals surface area contributed by atoms with Gasteiger partial charge in [0.2, 0.25) is 0 Å². The molecule has 7 nitrogen and oxygen atoms in total. The van der Waals surface area contributed by atoms with Gasteiger partial charge < -0.3 is 9.88 Å². The lowest BCUT2D eigenvalue weighted by Gasteiger charge is -2.46. The first-order valence-electron chi connectivity index (χ1n) is 13.3. The number of alkyl halides is 3. The minimum absolute atomic E-state index is 0.0571. The molecule has 0 bridgehead atoms. The number of hydrogen-bond donors (Lipinski definition) is 1. The van der Waals surface area contributed by atoms with Crippen molar-refractivity contribution < 1.29 is 13.2 Å². The summed E-state index contributed by atoms with van der Waals surface area (Å²) in [6.45, 7) is 7.22. The van der Waals surface area contributed by atoms with Gasteiger partial charge in [0.25, 0.3) is 5.56 Å². The molecule has 5 rings (SSSR count). The number of nitrogens with zero attached hydrogens (tertiary/aromatic N) is 5. The maximum Gasteiger partial charge on any atom is 0.418 e. The van der Waals surface area contributed by atoms with E-state index < -0.39 is 17.3 Å². The van der Waals surface area contributed by atoms with Crippen LogP contribution in [0.1, 0.15) is 62.5 Å². The molecule has 206 valence electrons. The average molecular weight is 539 g/mol. The molecule has 0 radical (unpaired) electrons. The van der Waals surface area contributed by atoms with Crippen molar-refractivity contribution in [1.29, 1.82) is 0 Å². The Balaban J connectivity index is 1.59. The second-order valence-electron chi connectivity index (χ2n) is 11.0. The third kappa shape index (κ3) is 4.97. The van der Waals surface area contributed by atoms with Gasteiger partial charge in [0.05, 0.1) is 27.6 Å². The second-order valence-corrected chi connectivity index (χ2v) is 11.0. The van der Waals surface area contributed by atoms with Crippen LogP contribution < -0.4 is 10.9 Å². The van der Waals surface area contributed by atoms with Crippen molar-refractivity contribution in [3.05, 3.63) is 81.9 Å². The van der Waals surface area contributed by atoms with Crippen LogP contribution in [0.5, 0.6) is 0 Å². The first kappa shape index (κ1) is 27.1. The lowest BCUT2D eigenvalue weighted by atomic mass is 9.58. The molecule has 1 saturated carbocycles. The smallest absolute Gasteiger partial charge is 0.320 e. The van der Waals surface area contributed by atoms with E-state index in [1.54, 1.807) is 12.4 Å². The van der Waals surface area contributed by atoms with Crippen molar-refractivity contribution in [2.45, 2.75) is 58.2 Å². The van der Waals surface area contributed by atoms with Crippen LogP contribution in [0.4, 0.5) is 13.2 Å². The molecule has 10 heteroatoms. The number of aromatic nitrogens is 5. The van der Waals surface area contributed by atoms with E-state index in [1.807, 2.05) is 29.8 Å². The van der Waals surface area contributed by atoms with Gasteiger partial charge in [0, 0.05) is 13.6 Å². The monoisotopic (exact) mass is 538 g/mol. The van der Waals surface area contributed by atoms with Gasteiger partial charge in [0.15, 0.2) is 0 Å². The molecule has 0 amide bonds. The highest BCUT2D eigenvalue weighted by Gasteiger charge is 2.48. The number of benzene rings is 2. The molecule has 0 aliphatic heterocycles. The largest absolute Gasteiger partial charge is 0.418 e. The van der Waals surface area contributed by atoms with Crippen molar-refractivity contribution >= 4 is 10.9 Å². The van der Waals surface area contributed by atoms with Crippen molar-refractivity contribution in [2.75, 3.05) is 6.54 Å². The van der Waals surface area contributed by atoms with E-state index in [4.69, 9.17) is 0 Å². The molecular formula is C29H33F3N6O. The van der Waals surface area contributed by atoms with Crippen molar-refractivity contribution in [3.8, 4) is 5.69 Å². The third-order valence-corrected chi connectivity index (χ3v) is 7.96. The predicted octanol–water partition coefficient (Wildman–Crippen LogP) is 5.38. The SMILES string of the molecule is CC[C@H](C)CNCc1cc(C(F)(F)F)c2ncn(-c3cccc(C4(c5nncn5C)CC(C)C4)c3)c(=O)c2c1. The zero-order valence-corrected chi connectivity index (χ0v) is 22.6. The zero-order valence-electron chi connectivity index (χ0n) is 22.6. The maximum absolute atomic E-state index is 14.0. The van der Waals surface area contributed by atoms with E-state index in [0.717, 1.165) is 36.7 Å². The summed E-state index contributed by atoms with van der Waals surface area (Å²) in [6, 6.07) is 10.2. The summed E-state index contributed by atoms with van der Waals surface area (Å²) in [4.78, 5) is 17.8. The maximum atomic E-state index is 14.0. The molecule has 4 aromatic rings. The van der Waals surface area contributed by atoms with Gasteiger partial charge in [-0.2, -0.15) is 13.2 Å². The topological polar surface area (TPSA) is 77.6 Å². The van der Waals surface area contributed by atoms with Gasteiger partial charge in [-0.1, -0.05) is 39.3 Å². The highest BCUT2D eigenvalue weighted by Crippen LogP contribution is 2.51. The van der Waals surface area contributed by atoms with Gasteiger partial charge in [-0.25, -0.2) is 4.98 Å². The van der Waals surface area contributed by atoms with Crippen molar-refractivity contribution in [2.24, 2.45) is 18.9 Å². The summed E-state index contributed by atoms with van der Waals surface area (Å²) in [7, 11) is 1.91. The van der Waals surface area contributed by atoms with E-state index >= 15 is 0 Å². The van der Waals surface area contributed by atoms with Gasteiger partial charge in [-0.15, -0.1) is 10.2 Å². The zero-order chi connectivity index (χ0) is 27.9. The Bertz CT molecular complexity index is 1550. The fourth-order valence-electron chi connectivity index (χ4n) is 5.75. The Morgan fingerprint density at radius 3 is 2.59 bits per heavy atom. The Hall–Kier alpha value is -3.53. The van der Waals surface area contributed by atoms with Crippen LogP contribution in [0, 0.1) is 11.8 Å². The minimum Gasteiger partial charge on any atom is -0.320 e. The van der Waals surface area contributed by atoms with Gasteiger partial charge in [-0.05, 0) is 66.6 Å². The van der Waals surface area contributed by atoms with Crippen LogP contribution in [-0.2, 0) is 25.2 Å². The highest BCUT2D eigenvalue weighted by atomic mass is 19.4. The molecule has 1 N–H and O–H groups in total. The van der Waals surface area contributed by atoms with Crippen molar-refractivity contribution in [3.63, 3.8) is 0 Å². The standard InChI is InChI=1S/C29H33F3N6O/c1-5-18(2)14-33-15-20-9-23-25(24(10-20)29(30,31)32)34-16-38(26(23)39)22-8-6-7-21(11-22)28(12-19(3)13-28)27-36-35-17-37(27)4/h6-11,16-19,33H,5,12-15H2,1-4H3/t18-,19?,28?/m0/s1. The number of fused-ring (bicyclic) bond motifs is 1. The molecule has 1 fully saturated rings. The molecule has 1 atom stereocenters. The number of aryl methyl sites for hydroxylation is 1. The molecule has 2 aromatic heterocycles. The van der Waals surface area contributed by atoms with E-state index in [2.05, 4.69) is 41.3 Å². The Morgan fingerprint density at radius 1 is 1.18 bits per heavy atom. The van der Waals surface area contributed by atoms with Crippen LogP contribution in [0.2, 0.25) is 0 Å². The normalized spacial score (nSPS) is 20.2. The second kappa shape index (κ2) is 10.2.